The van der Waals surface area contributed by atoms with E-state index in [4.69, 9.17) is 9.47 Å². The lowest BCUT2D eigenvalue weighted by Gasteiger charge is -2.14. The van der Waals surface area contributed by atoms with E-state index < -0.39 is 15.7 Å². The van der Waals surface area contributed by atoms with Gasteiger partial charge in [0, 0.05) is 6.26 Å². The number of halogens is 1. The fourth-order valence-electron chi connectivity index (χ4n) is 1.95. The van der Waals surface area contributed by atoms with E-state index in [0.29, 0.717) is 11.4 Å². The van der Waals surface area contributed by atoms with Crippen LogP contribution in [0.5, 0.6) is 17.4 Å². The molecule has 0 aliphatic heterocycles. The van der Waals surface area contributed by atoms with Crippen LogP contribution < -0.4 is 9.47 Å². The molecule has 23 heavy (non-hydrogen) atoms. The summed E-state index contributed by atoms with van der Waals surface area (Å²) in [5.74, 6) is -0.511. The van der Waals surface area contributed by atoms with Crippen molar-refractivity contribution in [3.05, 3.63) is 36.0 Å². The zero-order chi connectivity index (χ0) is 17.2. The number of nitrogens with zero attached hydrogens (tertiary/aromatic N) is 2. The smallest absolute Gasteiger partial charge is 0.266 e. The molecule has 0 saturated carbocycles. The lowest BCUT2D eigenvalue weighted by atomic mass is 10.1. The molecule has 0 amide bonds. The Balaban J connectivity index is 2.42. The third-order valence-electron chi connectivity index (χ3n) is 3.09. The molecule has 1 heterocycles. The van der Waals surface area contributed by atoms with Gasteiger partial charge in [0.05, 0.1) is 17.7 Å². The number of hydrogen-bond acceptors (Lipinski definition) is 6. The van der Waals surface area contributed by atoms with E-state index in [9.17, 15) is 12.8 Å². The van der Waals surface area contributed by atoms with Crippen LogP contribution in [0, 0.1) is 5.82 Å². The molecule has 8 heteroatoms. The molecule has 0 saturated heterocycles. The molecule has 2 aromatic rings. The maximum atomic E-state index is 14.1. The second kappa shape index (κ2) is 6.49. The summed E-state index contributed by atoms with van der Waals surface area (Å²) in [6.45, 7) is 3.85. The van der Waals surface area contributed by atoms with E-state index in [0.717, 1.165) is 12.3 Å². The van der Waals surface area contributed by atoms with E-state index in [1.54, 1.807) is 0 Å². The molecule has 0 radical (unpaired) electrons. The summed E-state index contributed by atoms with van der Waals surface area (Å²) in [7, 11) is -2.05. The van der Waals surface area contributed by atoms with Crippen LogP contribution in [0.1, 0.15) is 25.5 Å². The van der Waals surface area contributed by atoms with E-state index in [1.807, 2.05) is 13.8 Å². The Bertz CT molecular complexity index is 822. The Morgan fingerprint density at radius 1 is 1.22 bits per heavy atom. The van der Waals surface area contributed by atoms with Crippen LogP contribution in [-0.2, 0) is 9.84 Å². The third kappa shape index (κ3) is 3.76. The molecule has 0 aliphatic carbocycles. The maximum Gasteiger partial charge on any atom is 0.266 e. The number of rotatable bonds is 5. The van der Waals surface area contributed by atoms with Crippen molar-refractivity contribution in [3.63, 3.8) is 0 Å². The topological polar surface area (TPSA) is 78.4 Å². The molecule has 0 aliphatic rings. The second-order valence-electron chi connectivity index (χ2n) is 5.22. The summed E-state index contributed by atoms with van der Waals surface area (Å²) >= 11 is 0. The highest BCUT2D eigenvalue weighted by molar-refractivity contribution is 7.90. The number of aromatic nitrogens is 2. The zero-order valence-electron chi connectivity index (χ0n) is 13.2. The standard InChI is InChI=1S/C15H17FN2O4S/c1-9(2)13-14(21-3)15(18-8-17-13)22-12-6-5-10(7-11(12)16)23(4,19)20/h5-9H,1-4H3. The normalized spacial score (nSPS) is 11.6. The maximum absolute atomic E-state index is 14.1. The molecule has 1 aromatic carbocycles. The van der Waals surface area contributed by atoms with Crippen LogP contribution in [0.2, 0.25) is 0 Å². The quantitative estimate of drug-likeness (QED) is 0.833. The van der Waals surface area contributed by atoms with E-state index >= 15 is 0 Å². The predicted molar refractivity (Wildman–Crippen MR) is 82.3 cm³/mol. The summed E-state index contributed by atoms with van der Waals surface area (Å²) in [6, 6.07) is 3.41. The van der Waals surface area contributed by atoms with Gasteiger partial charge in [-0.1, -0.05) is 13.8 Å². The summed E-state index contributed by atoms with van der Waals surface area (Å²) in [5.41, 5.74) is 0.630. The van der Waals surface area contributed by atoms with Gasteiger partial charge in [-0.25, -0.2) is 17.8 Å². The van der Waals surface area contributed by atoms with Crippen molar-refractivity contribution in [1.29, 1.82) is 0 Å². The minimum absolute atomic E-state index is 0.0627. The van der Waals surface area contributed by atoms with Crippen molar-refractivity contribution in [2.45, 2.75) is 24.7 Å². The molecule has 6 nitrogen and oxygen atoms in total. The molecule has 124 valence electrons. The number of methoxy groups -OCH3 is 1. The average molecular weight is 340 g/mol. The van der Waals surface area contributed by atoms with Crippen molar-refractivity contribution in [2.24, 2.45) is 0 Å². The summed E-state index contributed by atoms with van der Waals surface area (Å²) in [6.07, 6.45) is 2.31. The van der Waals surface area contributed by atoms with Crippen molar-refractivity contribution >= 4 is 9.84 Å². The monoisotopic (exact) mass is 340 g/mol. The van der Waals surface area contributed by atoms with E-state index in [2.05, 4.69) is 9.97 Å². The molecule has 0 N–H and O–H groups in total. The van der Waals surface area contributed by atoms with Crippen LogP contribution in [0.4, 0.5) is 4.39 Å². The largest absolute Gasteiger partial charge is 0.490 e. The van der Waals surface area contributed by atoms with Crippen LogP contribution in [0.3, 0.4) is 0 Å². The SMILES string of the molecule is COc1c(Oc2ccc(S(C)(=O)=O)cc2F)ncnc1C(C)C. The number of benzene rings is 1. The molecule has 1 aromatic heterocycles. The fourth-order valence-corrected chi connectivity index (χ4v) is 2.58. The molecule has 0 spiro atoms. The van der Waals surface area contributed by atoms with Crippen molar-refractivity contribution in [2.75, 3.05) is 13.4 Å². The summed E-state index contributed by atoms with van der Waals surface area (Å²) in [5, 5.41) is 0. The van der Waals surface area contributed by atoms with Gasteiger partial charge in [-0.3, -0.25) is 0 Å². The van der Waals surface area contributed by atoms with Gasteiger partial charge in [0.25, 0.3) is 5.88 Å². The van der Waals surface area contributed by atoms with E-state index in [1.165, 1.54) is 25.6 Å². The number of hydrogen-bond donors (Lipinski definition) is 0. The first-order chi connectivity index (χ1) is 10.7. The fraction of sp³-hybridized carbons (Fsp3) is 0.333. The van der Waals surface area contributed by atoms with Gasteiger partial charge in [-0.15, -0.1) is 0 Å². The van der Waals surface area contributed by atoms with Gasteiger partial charge in [-0.05, 0) is 24.1 Å². The van der Waals surface area contributed by atoms with Gasteiger partial charge in [-0.2, -0.15) is 4.98 Å². The Morgan fingerprint density at radius 2 is 1.91 bits per heavy atom. The predicted octanol–water partition coefficient (Wildman–Crippen LogP) is 2.94. The highest BCUT2D eigenvalue weighted by Crippen LogP contribution is 2.35. The van der Waals surface area contributed by atoms with Gasteiger partial charge >= 0.3 is 0 Å². The van der Waals surface area contributed by atoms with Gasteiger partial charge < -0.3 is 9.47 Å². The van der Waals surface area contributed by atoms with Crippen LogP contribution in [-0.4, -0.2) is 31.8 Å². The highest BCUT2D eigenvalue weighted by atomic mass is 32.2. The van der Waals surface area contributed by atoms with Crippen molar-refractivity contribution in [3.8, 4) is 17.4 Å². The summed E-state index contributed by atoms with van der Waals surface area (Å²) < 4.78 is 47.6. The number of sulfone groups is 1. The number of ether oxygens (including phenoxy) is 2. The average Bonchev–Trinajstić information content (AvgIpc) is 2.47. The van der Waals surface area contributed by atoms with Crippen molar-refractivity contribution < 1.29 is 22.3 Å². The van der Waals surface area contributed by atoms with Crippen LogP contribution in [0.15, 0.2) is 29.4 Å². The van der Waals surface area contributed by atoms with Crippen LogP contribution >= 0.6 is 0 Å². The first-order valence-electron chi connectivity index (χ1n) is 6.80. The lowest BCUT2D eigenvalue weighted by Crippen LogP contribution is -2.03. The minimum atomic E-state index is -3.49. The Morgan fingerprint density at radius 3 is 2.43 bits per heavy atom. The molecule has 0 fully saturated rings. The second-order valence-corrected chi connectivity index (χ2v) is 7.23. The molecule has 0 bridgehead atoms. The van der Waals surface area contributed by atoms with Gasteiger partial charge in [0.2, 0.25) is 5.75 Å². The minimum Gasteiger partial charge on any atom is -0.490 e. The first-order valence-corrected chi connectivity index (χ1v) is 8.69. The Kier molecular flexibility index (Phi) is 4.84. The Labute approximate surface area is 134 Å². The first kappa shape index (κ1) is 17.1. The molecular weight excluding hydrogens is 323 g/mol. The van der Waals surface area contributed by atoms with Crippen LogP contribution in [0.25, 0.3) is 0 Å². The summed E-state index contributed by atoms with van der Waals surface area (Å²) in [4.78, 5) is 7.96. The lowest BCUT2D eigenvalue weighted by molar-refractivity contribution is 0.352. The third-order valence-corrected chi connectivity index (χ3v) is 4.20. The molecular formula is C15H17FN2O4S. The van der Waals surface area contributed by atoms with E-state index in [-0.39, 0.29) is 22.4 Å². The Hall–Kier alpha value is -2.22. The molecule has 0 unspecified atom stereocenters. The highest BCUT2D eigenvalue weighted by Gasteiger charge is 2.19. The molecule has 2 rings (SSSR count). The van der Waals surface area contributed by atoms with Gasteiger partial charge in [0.1, 0.15) is 6.33 Å². The van der Waals surface area contributed by atoms with Crippen molar-refractivity contribution in [1.82, 2.24) is 9.97 Å². The molecule has 0 atom stereocenters. The zero-order valence-corrected chi connectivity index (χ0v) is 14.0. The van der Waals surface area contributed by atoms with Gasteiger partial charge in [0.15, 0.2) is 21.4 Å².